The van der Waals surface area contributed by atoms with Crippen molar-refractivity contribution in [3.05, 3.63) is 63.8 Å². The Balaban J connectivity index is 1.86. The topological polar surface area (TPSA) is 51.5 Å². The van der Waals surface area contributed by atoms with Gasteiger partial charge in [-0.15, -0.1) is 0 Å². The van der Waals surface area contributed by atoms with E-state index in [4.69, 9.17) is 4.74 Å². The third kappa shape index (κ3) is 3.20. The predicted octanol–water partition coefficient (Wildman–Crippen LogP) is 2.46. The van der Waals surface area contributed by atoms with Crippen LogP contribution in [0.15, 0.2) is 41.3 Å². The van der Waals surface area contributed by atoms with Gasteiger partial charge in [0.2, 0.25) is 0 Å². The molecule has 0 spiro atoms. The highest BCUT2D eigenvalue weighted by Gasteiger charge is 2.18. The van der Waals surface area contributed by atoms with Crippen LogP contribution in [0.25, 0.3) is 0 Å². The second kappa shape index (κ2) is 6.32. The molecule has 0 aliphatic carbocycles. The van der Waals surface area contributed by atoms with E-state index in [2.05, 4.69) is 0 Å². The maximum Gasteiger partial charge on any atom is 0.257 e. The van der Waals surface area contributed by atoms with Crippen LogP contribution in [-0.4, -0.2) is 22.4 Å². The van der Waals surface area contributed by atoms with Crippen LogP contribution in [0.2, 0.25) is 0 Å². The molecule has 1 atom stereocenters. The molecule has 2 aromatic rings. The number of aromatic hydroxyl groups is 1. The lowest BCUT2D eigenvalue weighted by Crippen LogP contribution is -2.28. The molecule has 0 amide bonds. The first-order chi connectivity index (χ1) is 10.6. The summed E-state index contributed by atoms with van der Waals surface area (Å²) in [6.07, 6.45) is 3.88. The highest BCUT2D eigenvalue weighted by molar-refractivity contribution is 5.34. The van der Waals surface area contributed by atoms with E-state index >= 15 is 0 Å². The van der Waals surface area contributed by atoms with Crippen molar-refractivity contribution < 1.29 is 14.2 Å². The van der Waals surface area contributed by atoms with Gasteiger partial charge >= 0.3 is 0 Å². The molecule has 1 aromatic heterocycles. The number of halogens is 1. The van der Waals surface area contributed by atoms with E-state index in [9.17, 15) is 14.3 Å². The molecule has 5 heteroatoms. The van der Waals surface area contributed by atoms with Crippen LogP contribution in [0.5, 0.6) is 5.75 Å². The smallest absolute Gasteiger partial charge is 0.257 e. The molecule has 2 heterocycles. The summed E-state index contributed by atoms with van der Waals surface area (Å²) in [6, 6.07) is 7.45. The van der Waals surface area contributed by atoms with Crippen molar-refractivity contribution >= 4 is 0 Å². The molecule has 1 fully saturated rings. The van der Waals surface area contributed by atoms with Gasteiger partial charge in [0.15, 0.2) is 0 Å². The highest BCUT2D eigenvalue weighted by atomic mass is 19.1. The Morgan fingerprint density at radius 2 is 2.05 bits per heavy atom. The standard InChI is InChI=1S/C17H18FNO3/c18-13-5-3-12(4-6-13)10-15-16(20)7-8-19(17(15)21)11-14-2-1-9-22-14/h3-8,14,20H,1-2,9-11H2/t14-/m0/s1. The Hall–Kier alpha value is -2.14. The Kier molecular flexibility index (Phi) is 4.24. The van der Waals surface area contributed by atoms with Crippen LogP contribution in [0.3, 0.4) is 0 Å². The zero-order valence-corrected chi connectivity index (χ0v) is 12.2. The molecular formula is C17H18FNO3. The Labute approximate surface area is 127 Å². The fourth-order valence-corrected chi connectivity index (χ4v) is 2.74. The molecule has 4 nitrogen and oxygen atoms in total. The molecule has 0 radical (unpaired) electrons. The molecule has 3 rings (SSSR count). The highest BCUT2D eigenvalue weighted by Crippen LogP contribution is 2.18. The van der Waals surface area contributed by atoms with E-state index in [1.54, 1.807) is 22.9 Å². The molecule has 1 N–H and O–H groups in total. The number of hydrogen-bond acceptors (Lipinski definition) is 3. The minimum atomic E-state index is -0.322. The second-order valence-corrected chi connectivity index (χ2v) is 5.58. The van der Waals surface area contributed by atoms with Crippen molar-refractivity contribution in [3.63, 3.8) is 0 Å². The average molecular weight is 303 g/mol. The number of nitrogens with zero attached hydrogens (tertiary/aromatic N) is 1. The molecule has 1 saturated heterocycles. The SMILES string of the molecule is O=c1c(Cc2ccc(F)cc2)c(O)ccn1C[C@@H]1CCCO1. The summed E-state index contributed by atoms with van der Waals surface area (Å²) >= 11 is 0. The third-order valence-electron chi connectivity index (χ3n) is 3.96. The zero-order valence-electron chi connectivity index (χ0n) is 12.2. The lowest BCUT2D eigenvalue weighted by Gasteiger charge is -2.14. The summed E-state index contributed by atoms with van der Waals surface area (Å²) in [5, 5.41) is 9.97. The molecule has 0 unspecified atom stereocenters. The minimum absolute atomic E-state index is 0.0297. The lowest BCUT2D eigenvalue weighted by molar-refractivity contribution is 0.0960. The van der Waals surface area contributed by atoms with Gasteiger partial charge in [-0.1, -0.05) is 12.1 Å². The van der Waals surface area contributed by atoms with Crippen molar-refractivity contribution in [2.45, 2.75) is 31.9 Å². The Morgan fingerprint density at radius 3 is 2.73 bits per heavy atom. The van der Waals surface area contributed by atoms with Gasteiger partial charge in [-0.25, -0.2) is 4.39 Å². The normalized spacial score (nSPS) is 17.8. The van der Waals surface area contributed by atoms with Crippen LogP contribution < -0.4 is 5.56 Å². The number of ether oxygens (including phenoxy) is 1. The van der Waals surface area contributed by atoms with Gasteiger partial charge in [0.05, 0.1) is 18.2 Å². The third-order valence-corrected chi connectivity index (χ3v) is 3.96. The van der Waals surface area contributed by atoms with Crippen LogP contribution in [0.1, 0.15) is 24.0 Å². The Morgan fingerprint density at radius 1 is 1.27 bits per heavy atom. The summed E-state index contributed by atoms with van der Waals surface area (Å²) in [5.74, 6) is -0.352. The van der Waals surface area contributed by atoms with Gasteiger partial charge in [0, 0.05) is 19.2 Å². The van der Waals surface area contributed by atoms with Gasteiger partial charge in [0.1, 0.15) is 11.6 Å². The van der Waals surface area contributed by atoms with Crippen molar-refractivity contribution in [1.29, 1.82) is 0 Å². The molecule has 116 valence electrons. The van der Waals surface area contributed by atoms with Gasteiger partial charge in [-0.3, -0.25) is 4.79 Å². The van der Waals surface area contributed by atoms with Crippen LogP contribution >= 0.6 is 0 Å². The van der Waals surface area contributed by atoms with Gasteiger partial charge in [-0.05, 0) is 36.6 Å². The van der Waals surface area contributed by atoms with Crippen LogP contribution in [0, 0.1) is 5.82 Å². The molecule has 1 aliphatic rings. The largest absolute Gasteiger partial charge is 0.507 e. The van der Waals surface area contributed by atoms with E-state index in [0.717, 1.165) is 25.0 Å². The fourth-order valence-electron chi connectivity index (χ4n) is 2.74. The van der Waals surface area contributed by atoms with E-state index in [1.165, 1.54) is 18.2 Å². The number of hydrogen-bond donors (Lipinski definition) is 1. The molecule has 0 saturated carbocycles. The first-order valence-corrected chi connectivity index (χ1v) is 7.41. The van der Waals surface area contributed by atoms with E-state index < -0.39 is 0 Å². The first-order valence-electron chi connectivity index (χ1n) is 7.41. The summed E-state index contributed by atoms with van der Waals surface area (Å²) in [6.45, 7) is 1.23. The van der Waals surface area contributed by atoms with Crippen LogP contribution in [0.4, 0.5) is 4.39 Å². The first kappa shape index (κ1) is 14.8. The Bertz CT molecular complexity index is 703. The minimum Gasteiger partial charge on any atom is -0.507 e. The summed E-state index contributed by atoms with van der Waals surface area (Å²) < 4.78 is 20.1. The van der Waals surface area contributed by atoms with E-state index in [-0.39, 0.29) is 29.7 Å². The summed E-state index contributed by atoms with van der Waals surface area (Å²) in [5.41, 5.74) is 0.885. The van der Waals surface area contributed by atoms with Crippen molar-refractivity contribution in [2.75, 3.05) is 6.61 Å². The fraction of sp³-hybridized carbons (Fsp3) is 0.353. The molecular weight excluding hydrogens is 285 g/mol. The average Bonchev–Trinajstić information content (AvgIpc) is 3.01. The number of rotatable bonds is 4. The number of aromatic nitrogens is 1. The summed E-state index contributed by atoms with van der Waals surface area (Å²) in [4.78, 5) is 12.5. The van der Waals surface area contributed by atoms with Gasteiger partial charge in [0.25, 0.3) is 5.56 Å². The maximum atomic E-state index is 12.9. The number of benzene rings is 1. The second-order valence-electron chi connectivity index (χ2n) is 5.58. The maximum absolute atomic E-state index is 12.9. The molecule has 1 aliphatic heterocycles. The zero-order chi connectivity index (χ0) is 15.5. The molecule has 22 heavy (non-hydrogen) atoms. The predicted molar refractivity (Wildman–Crippen MR) is 80.5 cm³/mol. The van der Waals surface area contributed by atoms with E-state index in [0.29, 0.717) is 12.1 Å². The lowest BCUT2D eigenvalue weighted by atomic mass is 10.1. The van der Waals surface area contributed by atoms with E-state index in [1.807, 2.05) is 0 Å². The van der Waals surface area contributed by atoms with Crippen LogP contribution in [-0.2, 0) is 17.7 Å². The quantitative estimate of drug-likeness (QED) is 0.944. The van der Waals surface area contributed by atoms with Crippen molar-refractivity contribution in [2.24, 2.45) is 0 Å². The van der Waals surface area contributed by atoms with Gasteiger partial charge in [-0.2, -0.15) is 0 Å². The number of pyridine rings is 1. The monoisotopic (exact) mass is 303 g/mol. The molecule has 1 aromatic carbocycles. The van der Waals surface area contributed by atoms with Crippen molar-refractivity contribution in [1.82, 2.24) is 4.57 Å². The summed E-state index contributed by atoms with van der Waals surface area (Å²) in [7, 11) is 0. The van der Waals surface area contributed by atoms with Gasteiger partial charge < -0.3 is 14.4 Å². The molecule has 0 bridgehead atoms. The van der Waals surface area contributed by atoms with Crippen molar-refractivity contribution in [3.8, 4) is 5.75 Å².